The molecule has 1 fully saturated rings. The van der Waals surface area contributed by atoms with Crippen LogP contribution in [0.1, 0.15) is 141 Å². The maximum atomic E-state index is 15.3. The van der Waals surface area contributed by atoms with Crippen LogP contribution < -0.4 is 86.3 Å². The van der Waals surface area contributed by atoms with E-state index >= 15 is 9.59 Å². The van der Waals surface area contributed by atoms with Crippen molar-refractivity contribution in [1.29, 1.82) is 0 Å². The fraction of sp³-hybridized carbons (Fsp3) is 0.512. The van der Waals surface area contributed by atoms with E-state index in [-0.39, 0.29) is 61.1 Å². The van der Waals surface area contributed by atoms with Crippen LogP contribution in [0.25, 0.3) is 10.9 Å². The Balaban J connectivity index is 1.27. The maximum absolute atomic E-state index is 15.3. The van der Waals surface area contributed by atoms with Crippen molar-refractivity contribution in [1.82, 2.24) is 84.1 Å². The Bertz CT molecular complexity index is 4390. The number of benzene rings is 3. The van der Waals surface area contributed by atoms with E-state index in [0.29, 0.717) is 47.7 Å². The molecule has 0 saturated heterocycles. The molecular formula is C80H112FN19O21. The summed E-state index contributed by atoms with van der Waals surface area (Å²) >= 11 is 0. The lowest BCUT2D eigenvalue weighted by Crippen LogP contribution is -2.62. The van der Waals surface area contributed by atoms with Crippen LogP contribution in [-0.2, 0) is 102 Å². The summed E-state index contributed by atoms with van der Waals surface area (Å²) in [6.45, 7) is 7.49. The molecule has 15 amide bonds. The van der Waals surface area contributed by atoms with Crippen molar-refractivity contribution < 1.29 is 107 Å². The van der Waals surface area contributed by atoms with Gasteiger partial charge < -0.3 is 122 Å². The number of imidazole rings is 1. The number of para-hydroxylation sites is 1. The van der Waals surface area contributed by atoms with Crippen molar-refractivity contribution in [3.8, 4) is 5.75 Å². The number of hydrogen-bond acceptors (Lipinski definition) is 22. The molecule has 660 valence electrons. The van der Waals surface area contributed by atoms with Gasteiger partial charge in [0.15, 0.2) is 0 Å². The molecule has 0 spiro atoms. The molecule has 2 heterocycles. The van der Waals surface area contributed by atoms with E-state index in [1.165, 1.54) is 62.8 Å². The minimum Gasteiger partial charge on any atom is -0.508 e. The summed E-state index contributed by atoms with van der Waals surface area (Å²) in [4.78, 5) is 232. The number of H-pyrrole nitrogens is 2. The molecule has 2 aromatic heterocycles. The molecule has 6 rings (SSSR count). The second-order valence-electron chi connectivity index (χ2n) is 30.5. The normalized spacial score (nSPS) is 15.7. The molecule has 0 aliphatic heterocycles. The van der Waals surface area contributed by atoms with Crippen LogP contribution >= 0.6 is 0 Å². The van der Waals surface area contributed by atoms with Gasteiger partial charge in [0, 0.05) is 68.7 Å². The largest absolute Gasteiger partial charge is 0.508 e. The van der Waals surface area contributed by atoms with Gasteiger partial charge in [-0.05, 0) is 131 Å². The van der Waals surface area contributed by atoms with E-state index < -0.39 is 243 Å². The summed E-state index contributed by atoms with van der Waals surface area (Å²) in [6.07, 6.45) is -0.308. The Labute approximate surface area is 696 Å². The quantitative estimate of drug-likeness (QED) is 0.0165. The number of primary amides is 2. The zero-order chi connectivity index (χ0) is 89.3. The van der Waals surface area contributed by atoms with Gasteiger partial charge in [-0.25, -0.2) is 9.37 Å². The van der Waals surface area contributed by atoms with Crippen LogP contribution in [0.15, 0.2) is 91.5 Å². The zero-order valence-electron chi connectivity index (χ0n) is 68.0. The number of hydrogen-bond donors (Lipinski definition) is 23. The lowest BCUT2D eigenvalue weighted by Gasteiger charge is -2.32. The summed E-state index contributed by atoms with van der Waals surface area (Å²) in [6, 6.07) is -4.42. The van der Waals surface area contributed by atoms with Gasteiger partial charge >= 0.3 is 5.97 Å². The third-order valence-corrected chi connectivity index (χ3v) is 20.0. The van der Waals surface area contributed by atoms with Crippen molar-refractivity contribution in [2.75, 3.05) is 13.2 Å². The number of carboxylic acids is 1. The summed E-state index contributed by atoms with van der Waals surface area (Å²) in [5.74, 6) is -18.0. The molecule has 0 bridgehead atoms. The number of carbonyl (C=O) groups is 16. The molecule has 5 aromatic rings. The molecule has 15 atom stereocenters. The number of unbranched alkanes of at least 4 members (excludes halogenated alkanes) is 1. The Morgan fingerprint density at radius 1 is 0.504 bits per heavy atom. The number of nitrogens with two attached hydrogens (primary N) is 3. The van der Waals surface area contributed by atoms with E-state index in [4.69, 9.17) is 17.2 Å². The fourth-order valence-corrected chi connectivity index (χ4v) is 13.2. The number of phenols is 1. The summed E-state index contributed by atoms with van der Waals surface area (Å²) in [5, 5.41) is 85.0. The van der Waals surface area contributed by atoms with Gasteiger partial charge in [0.05, 0.1) is 30.8 Å². The number of phenolic OH excluding ortho intramolecular Hbond substituents is 1. The third-order valence-electron chi connectivity index (χ3n) is 20.0. The van der Waals surface area contributed by atoms with Crippen LogP contribution in [0.3, 0.4) is 0 Å². The smallest absolute Gasteiger partial charge is 0.303 e. The number of aliphatic carboxylic acids is 1. The van der Waals surface area contributed by atoms with Crippen LogP contribution in [0, 0.1) is 17.7 Å². The zero-order valence-corrected chi connectivity index (χ0v) is 68.0. The van der Waals surface area contributed by atoms with Crippen molar-refractivity contribution in [2.45, 2.75) is 235 Å². The molecule has 26 N–H and O–H groups in total. The van der Waals surface area contributed by atoms with E-state index in [0.717, 1.165) is 32.4 Å². The van der Waals surface area contributed by atoms with Gasteiger partial charge in [-0.15, -0.1) is 0 Å². The predicted molar refractivity (Wildman–Crippen MR) is 432 cm³/mol. The molecule has 40 nitrogen and oxygen atoms in total. The highest BCUT2D eigenvalue weighted by atomic mass is 19.1. The highest BCUT2D eigenvalue weighted by Gasteiger charge is 2.40. The van der Waals surface area contributed by atoms with Gasteiger partial charge in [0.25, 0.3) is 0 Å². The number of aromatic hydroxyl groups is 1. The highest BCUT2D eigenvalue weighted by molar-refractivity contribution is 6.01. The maximum Gasteiger partial charge on any atom is 0.303 e. The predicted octanol–water partition coefficient (Wildman–Crippen LogP) is -3.92. The lowest BCUT2D eigenvalue weighted by molar-refractivity contribution is -0.139. The first kappa shape index (κ1) is 97.3. The molecule has 121 heavy (non-hydrogen) atoms. The average Bonchev–Trinajstić information content (AvgIpc) is 1.66. The van der Waals surface area contributed by atoms with E-state index in [2.05, 4.69) is 84.1 Å². The summed E-state index contributed by atoms with van der Waals surface area (Å²) in [5.41, 5.74) is 18.3. The fourth-order valence-electron chi connectivity index (χ4n) is 13.2. The average molecular weight is 1690 g/mol. The third kappa shape index (κ3) is 32.0. The molecule has 41 heteroatoms. The molecule has 0 radical (unpaired) electrons. The first-order valence-corrected chi connectivity index (χ1v) is 39.8. The van der Waals surface area contributed by atoms with E-state index in [9.17, 15) is 97.0 Å². The van der Waals surface area contributed by atoms with Crippen molar-refractivity contribution >= 4 is 105 Å². The second kappa shape index (κ2) is 47.9. The number of aliphatic hydroxyl groups excluding tert-OH is 3. The topological polar surface area (TPSA) is 653 Å². The van der Waals surface area contributed by atoms with E-state index in [1.54, 1.807) is 44.3 Å². The summed E-state index contributed by atoms with van der Waals surface area (Å²) < 4.78 is 14.3. The van der Waals surface area contributed by atoms with Crippen LogP contribution in [-0.4, -0.2) is 239 Å². The number of amides is 15. The SMILES string of the molecule is CC(=O)N[C@@H](CC(C)C)C(=O)N[C@H](C(=O)N[C@@H](Cc1ccc(F)cc1)C(=O)N[C@@H](CCC(=O)O)C(=O)N[C@@H](Cc1c[nH]cn1)C(=O)N[C@@H](Cc1ccc(O)cc1)C(=O)N[C@@H](Cc1c[nH]c2ccccc12)C(=O)N[C@@H](C)C(=O)N[C@@H](CCC(N)=O)C(=O)N[C@@H](CC1CCC1)C(=O)N[C@H](C(=O)N[C@@H](CO)C(=O)N[C@@H](CCCCN)C(N)=O)[C@@H](C)O)[C@@H](C)O. The number of carbonyl (C=O) groups excluding carboxylic acids is 15. The molecule has 3 aromatic carbocycles. The van der Waals surface area contributed by atoms with Gasteiger partial charge in [-0.2, -0.15) is 0 Å². The minimum absolute atomic E-state index is 0.0449. The number of carboxylic acid groups (broad SMARTS) is 1. The lowest BCUT2D eigenvalue weighted by atomic mass is 9.80. The molecule has 0 unspecified atom stereocenters. The Kier molecular flexibility index (Phi) is 38.6. The number of aromatic amines is 2. The van der Waals surface area contributed by atoms with Crippen LogP contribution in [0.4, 0.5) is 4.39 Å². The Morgan fingerprint density at radius 2 is 0.967 bits per heavy atom. The molecular weight excluding hydrogens is 1580 g/mol. The number of rotatable bonds is 51. The minimum atomic E-state index is -1.87. The first-order chi connectivity index (χ1) is 57.3. The summed E-state index contributed by atoms with van der Waals surface area (Å²) in [7, 11) is 0. The number of nitrogens with zero attached hydrogens (tertiary/aromatic N) is 1. The standard InChI is InChI=1S/C80H112FN19O21/c1-40(2)30-57(89-44(6)104)76(117)99-66(42(4)102)79(120)97-59(32-46-17-21-49(81)22-18-46)73(114)92-56(26-28-65(107)108)71(112)96-62(35-50-37-85-39-87-50)75(116)94-58(33-47-19-23-51(105)24-20-47)74(115)95-61(34-48-36-86-53-15-8-7-14-52(48)53)72(113)88-41(3)69(110)91-55(25-27-64(83)106)70(111)93-60(31-45-12-11-13-45)77(118)100-67(43(5)103)80(121)98-63(38-101)78(119)90-54(68(84)109)16-9-10-29-82/h7-8,14-15,17-24,36-37,39-43,45,54-63,66-67,86,101-103,105H,9-13,16,25-35,38,82H2,1-6H3,(H2,83,106)(H2,84,109)(H,85,87)(H,88,113)(H,89,104)(H,90,119)(H,91,110)(H,92,114)(H,93,111)(H,94,116)(H,95,115)(H,96,112)(H,97,120)(H,98,121)(H,99,117)(H,100,118)(H,107,108)/t41-,42+,43+,54-,55-,56-,57-,58-,59-,60-,61-,62-,63-,66-,67-/m0/s1. The van der Waals surface area contributed by atoms with Crippen molar-refractivity contribution in [2.24, 2.45) is 29.0 Å². The van der Waals surface area contributed by atoms with Crippen LogP contribution in [0.2, 0.25) is 0 Å². The molecule has 1 saturated carbocycles. The number of halogens is 1. The number of nitrogens with one attached hydrogen (secondary N) is 15. The van der Waals surface area contributed by atoms with Gasteiger partial charge in [-0.3, -0.25) is 76.7 Å². The van der Waals surface area contributed by atoms with E-state index in [1.807, 2.05) is 0 Å². The first-order valence-electron chi connectivity index (χ1n) is 39.8. The molecule has 1 aliphatic carbocycles. The van der Waals surface area contributed by atoms with Gasteiger partial charge in [-0.1, -0.05) is 75.6 Å². The number of aliphatic hydroxyl groups is 3. The monoisotopic (exact) mass is 1690 g/mol. The Morgan fingerprint density at radius 3 is 1.46 bits per heavy atom. The van der Waals surface area contributed by atoms with Crippen LogP contribution in [0.5, 0.6) is 5.75 Å². The second-order valence-corrected chi connectivity index (χ2v) is 30.5. The van der Waals surface area contributed by atoms with Crippen molar-refractivity contribution in [3.05, 3.63) is 120 Å². The number of aromatic nitrogens is 3. The molecule has 1 aliphatic rings. The van der Waals surface area contributed by atoms with Gasteiger partial charge in [0.1, 0.15) is 90.1 Å². The highest BCUT2D eigenvalue weighted by Crippen LogP contribution is 2.31. The van der Waals surface area contributed by atoms with Gasteiger partial charge in [0.2, 0.25) is 88.6 Å². The number of fused-ring (bicyclic) bond motifs is 1. The Hall–Kier alpha value is -12.5. The van der Waals surface area contributed by atoms with Crippen molar-refractivity contribution in [3.63, 3.8) is 0 Å².